The third-order valence-electron chi connectivity index (χ3n) is 3.75. The van der Waals surface area contributed by atoms with E-state index >= 15 is 0 Å². The summed E-state index contributed by atoms with van der Waals surface area (Å²) in [7, 11) is 0. The number of carbonyl (C=O) groups excluding carboxylic acids is 1. The molecule has 0 aliphatic carbocycles. The molecular formula is C13H16N4O. The molecule has 2 aliphatic heterocycles. The second-order valence-electron chi connectivity index (χ2n) is 4.76. The molecule has 3 heterocycles. The van der Waals surface area contributed by atoms with E-state index in [1.807, 2.05) is 11.1 Å². The van der Waals surface area contributed by atoms with Gasteiger partial charge in [-0.1, -0.05) is 6.08 Å². The molecule has 18 heavy (non-hydrogen) atoms. The molecule has 2 atom stereocenters. The van der Waals surface area contributed by atoms with Crippen LogP contribution in [0.5, 0.6) is 0 Å². The number of urea groups is 1. The van der Waals surface area contributed by atoms with Gasteiger partial charge in [0.25, 0.3) is 0 Å². The van der Waals surface area contributed by atoms with Gasteiger partial charge in [0.2, 0.25) is 0 Å². The molecule has 0 spiro atoms. The van der Waals surface area contributed by atoms with Crippen LogP contribution in [0.25, 0.3) is 0 Å². The Bertz CT molecular complexity index is 488. The first-order valence-corrected chi connectivity index (χ1v) is 6.27. The van der Waals surface area contributed by atoms with E-state index in [1.54, 1.807) is 12.4 Å². The summed E-state index contributed by atoms with van der Waals surface area (Å²) < 4.78 is 0. The van der Waals surface area contributed by atoms with Crippen LogP contribution in [-0.4, -0.2) is 33.5 Å². The molecular weight excluding hydrogens is 228 g/mol. The van der Waals surface area contributed by atoms with E-state index in [4.69, 9.17) is 0 Å². The van der Waals surface area contributed by atoms with Gasteiger partial charge in [-0.15, -0.1) is 6.58 Å². The van der Waals surface area contributed by atoms with Crippen molar-refractivity contribution >= 4 is 6.03 Å². The second-order valence-corrected chi connectivity index (χ2v) is 4.76. The van der Waals surface area contributed by atoms with Crippen molar-refractivity contribution in [2.45, 2.75) is 31.3 Å². The Morgan fingerprint density at radius 1 is 1.61 bits per heavy atom. The number of hydrogen-bond acceptors (Lipinski definition) is 3. The normalized spacial score (nSPS) is 24.6. The molecule has 5 nitrogen and oxygen atoms in total. The number of rotatable bonds is 2. The van der Waals surface area contributed by atoms with E-state index in [0.29, 0.717) is 6.54 Å². The lowest BCUT2D eigenvalue weighted by Gasteiger charge is -2.35. The van der Waals surface area contributed by atoms with Crippen molar-refractivity contribution in [1.29, 1.82) is 0 Å². The molecule has 0 aromatic carbocycles. The highest BCUT2D eigenvalue weighted by Gasteiger charge is 2.43. The molecule has 1 saturated heterocycles. The van der Waals surface area contributed by atoms with Gasteiger partial charge >= 0.3 is 6.03 Å². The molecule has 1 aromatic rings. The largest absolute Gasteiger partial charge is 0.335 e. The molecule has 2 aliphatic rings. The molecule has 2 amide bonds. The molecule has 94 valence electrons. The topological polar surface area (TPSA) is 58.1 Å². The Balaban J connectivity index is 1.87. The number of nitrogens with zero attached hydrogens (tertiary/aromatic N) is 3. The van der Waals surface area contributed by atoms with E-state index in [9.17, 15) is 4.79 Å². The number of aromatic nitrogens is 2. The zero-order valence-electron chi connectivity index (χ0n) is 10.2. The van der Waals surface area contributed by atoms with Gasteiger partial charge in [0.05, 0.1) is 11.7 Å². The van der Waals surface area contributed by atoms with Crippen molar-refractivity contribution in [2.75, 3.05) is 6.54 Å². The summed E-state index contributed by atoms with van der Waals surface area (Å²) in [6.07, 6.45) is 8.03. The monoisotopic (exact) mass is 244 g/mol. The number of amides is 2. The lowest BCUT2D eigenvalue weighted by Crippen LogP contribution is -2.47. The standard InChI is InChI=1S/C13H16N4O/c1-2-5-15-13(18)17-9-3-4-12(17)10-7-14-8-16-11(10)6-9/h2,7-9,12H,1,3-6H2,(H,15,18). The van der Waals surface area contributed by atoms with Crippen LogP contribution in [0, 0.1) is 0 Å². The van der Waals surface area contributed by atoms with Gasteiger partial charge in [0, 0.05) is 30.8 Å². The van der Waals surface area contributed by atoms with Crippen LogP contribution in [0.15, 0.2) is 25.2 Å². The predicted octanol–water partition coefficient (Wildman–Crippen LogP) is 1.43. The highest BCUT2D eigenvalue weighted by atomic mass is 16.2. The van der Waals surface area contributed by atoms with Crippen LogP contribution in [0.3, 0.4) is 0 Å². The van der Waals surface area contributed by atoms with Crippen LogP contribution >= 0.6 is 0 Å². The summed E-state index contributed by atoms with van der Waals surface area (Å²) >= 11 is 0. The van der Waals surface area contributed by atoms with Crippen molar-refractivity contribution in [2.24, 2.45) is 0 Å². The van der Waals surface area contributed by atoms with Gasteiger partial charge in [-0.2, -0.15) is 0 Å². The van der Waals surface area contributed by atoms with Crippen molar-refractivity contribution in [3.05, 3.63) is 36.4 Å². The van der Waals surface area contributed by atoms with Gasteiger partial charge in [-0.05, 0) is 12.8 Å². The fraction of sp³-hybridized carbons (Fsp3) is 0.462. The van der Waals surface area contributed by atoms with Gasteiger partial charge in [-0.25, -0.2) is 14.8 Å². The van der Waals surface area contributed by atoms with E-state index < -0.39 is 0 Å². The summed E-state index contributed by atoms with van der Waals surface area (Å²) in [5.41, 5.74) is 2.21. The molecule has 0 saturated carbocycles. The summed E-state index contributed by atoms with van der Waals surface area (Å²) in [4.78, 5) is 22.5. The van der Waals surface area contributed by atoms with Crippen molar-refractivity contribution in [3.63, 3.8) is 0 Å². The van der Waals surface area contributed by atoms with Gasteiger partial charge < -0.3 is 10.2 Å². The van der Waals surface area contributed by atoms with E-state index in [-0.39, 0.29) is 18.1 Å². The van der Waals surface area contributed by atoms with Crippen LogP contribution in [0.2, 0.25) is 0 Å². The summed E-state index contributed by atoms with van der Waals surface area (Å²) in [5, 5.41) is 2.86. The van der Waals surface area contributed by atoms with Gasteiger partial charge in [-0.3, -0.25) is 0 Å². The second kappa shape index (κ2) is 4.40. The first-order chi connectivity index (χ1) is 8.81. The van der Waals surface area contributed by atoms with Crippen LogP contribution in [-0.2, 0) is 6.42 Å². The smallest absolute Gasteiger partial charge is 0.318 e. The molecule has 1 fully saturated rings. The zero-order chi connectivity index (χ0) is 12.5. The molecule has 2 unspecified atom stereocenters. The third kappa shape index (κ3) is 1.66. The molecule has 2 bridgehead atoms. The van der Waals surface area contributed by atoms with Gasteiger partial charge in [0.1, 0.15) is 6.33 Å². The number of nitrogens with one attached hydrogen (secondary N) is 1. The summed E-state index contributed by atoms with van der Waals surface area (Å²) in [6.45, 7) is 4.12. The van der Waals surface area contributed by atoms with Crippen molar-refractivity contribution in [1.82, 2.24) is 20.2 Å². The van der Waals surface area contributed by atoms with E-state index in [2.05, 4.69) is 21.9 Å². The Morgan fingerprint density at radius 2 is 2.50 bits per heavy atom. The van der Waals surface area contributed by atoms with Crippen LogP contribution in [0.1, 0.15) is 30.1 Å². The molecule has 3 rings (SSSR count). The fourth-order valence-corrected chi connectivity index (χ4v) is 2.98. The lowest BCUT2D eigenvalue weighted by atomic mass is 10.00. The number of hydrogen-bond donors (Lipinski definition) is 1. The maximum atomic E-state index is 12.2. The van der Waals surface area contributed by atoms with E-state index in [1.165, 1.54) is 0 Å². The Kier molecular flexibility index (Phi) is 2.74. The van der Waals surface area contributed by atoms with Crippen LogP contribution in [0.4, 0.5) is 4.79 Å². The fourth-order valence-electron chi connectivity index (χ4n) is 2.98. The molecule has 1 aromatic heterocycles. The summed E-state index contributed by atoms with van der Waals surface area (Å²) in [5.74, 6) is 0. The van der Waals surface area contributed by atoms with Crippen LogP contribution < -0.4 is 5.32 Å². The quantitative estimate of drug-likeness (QED) is 0.801. The number of carbonyl (C=O) groups is 1. The third-order valence-corrected chi connectivity index (χ3v) is 3.75. The Labute approximate surface area is 106 Å². The Hall–Kier alpha value is -1.91. The lowest BCUT2D eigenvalue weighted by molar-refractivity contribution is 0.166. The maximum absolute atomic E-state index is 12.2. The molecule has 0 radical (unpaired) electrons. The Morgan fingerprint density at radius 3 is 3.33 bits per heavy atom. The minimum Gasteiger partial charge on any atom is -0.335 e. The average Bonchev–Trinajstić information content (AvgIpc) is 2.72. The van der Waals surface area contributed by atoms with E-state index in [0.717, 1.165) is 30.5 Å². The predicted molar refractivity (Wildman–Crippen MR) is 66.9 cm³/mol. The number of fused-ring (bicyclic) bond motifs is 4. The highest BCUT2D eigenvalue weighted by molar-refractivity contribution is 5.76. The van der Waals surface area contributed by atoms with Crippen molar-refractivity contribution in [3.8, 4) is 0 Å². The first-order valence-electron chi connectivity index (χ1n) is 6.27. The minimum absolute atomic E-state index is 0.00287. The average molecular weight is 244 g/mol. The SMILES string of the molecule is C=CCNC(=O)N1C2CCC1c1cncnc1C2. The van der Waals surface area contributed by atoms with Gasteiger partial charge in [0.15, 0.2) is 0 Å². The highest BCUT2D eigenvalue weighted by Crippen LogP contribution is 2.42. The zero-order valence-corrected chi connectivity index (χ0v) is 10.2. The summed E-state index contributed by atoms with van der Waals surface area (Å²) in [6, 6.07) is 0.420. The first kappa shape index (κ1) is 11.2. The molecule has 1 N–H and O–H groups in total. The molecule has 5 heteroatoms. The maximum Gasteiger partial charge on any atom is 0.318 e. The minimum atomic E-state index is -0.00287. The van der Waals surface area contributed by atoms with Crippen molar-refractivity contribution < 1.29 is 4.79 Å².